The van der Waals surface area contributed by atoms with Crippen molar-refractivity contribution in [3.05, 3.63) is 18.5 Å². The molecular weight excluding hydrogens is 262 g/mol. The van der Waals surface area contributed by atoms with Crippen molar-refractivity contribution in [2.75, 3.05) is 37.6 Å². The Bertz CT molecular complexity index is 412. The summed E-state index contributed by atoms with van der Waals surface area (Å²) in [4.78, 5) is 13.6. The van der Waals surface area contributed by atoms with Crippen LogP contribution in [0.5, 0.6) is 0 Å². The molecule has 2 aliphatic rings. The van der Waals surface area contributed by atoms with Gasteiger partial charge in [0.25, 0.3) is 0 Å². The van der Waals surface area contributed by atoms with Crippen LogP contribution in [0.25, 0.3) is 0 Å². The van der Waals surface area contributed by atoms with Gasteiger partial charge in [-0.05, 0) is 45.2 Å². The molecule has 1 aromatic rings. The van der Waals surface area contributed by atoms with Crippen molar-refractivity contribution in [3.63, 3.8) is 0 Å². The molecule has 0 radical (unpaired) electrons. The number of nitrogens with zero attached hydrogens (tertiary/aromatic N) is 4. The first-order valence-electron chi connectivity index (χ1n) is 8.32. The maximum Gasteiger partial charge on any atom is 0.225 e. The number of nitrogens with one attached hydrogen (secondary N) is 1. The van der Waals surface area contributed by atoms with Crippen LogP contribution in [0.1, 0.15) is 32.6 Å². The molecule has 1 unspecified atom stereocenters. The third-order valence-electron chi connectivity index (χ3n) is 4.58. The molecule has 1 saturated heterocycles. The van der Waals surface area contributed by atoms with Crippen LogP contribution in [-0.4, -0.2) is 59.7 Å². The standard InChI is InChI=1S/C16H27N5/c1-14(4-2-7-17-15-5-6-15)20-10-12-21(13-11-20)16-18-8-3-9-19-16/h3,8-9,14-15,17H,2,4-7,10-13H2,1H3. The second-order valence-corrected chi connectivity index (χ2v) is 6.29. The summed E-state index contributed by atoms with van der Waals surface area (Å²) in [6, 6.07) is 3.40. The van der Waals surface area contributed by atoms with Crippen LogP contribution >= 0.6 is 0 Å². The van der Waals surface area contributed by atoms with E-state index in [-0.39, 0.29) is 0 Å². The van der Waals surface area contributed by atoms with Crippen molar-refractivity contribution in [1.29, 1.82) is 0 Å². The second kappa shape index (κ2) is 7.18. The predicted octanol–water partition coefficient (Wildman–Crippen LogP) is 1.52. The Morgan fingerprint density at radius 2 is 1.90 bits per heavy atom. The second-order valence-electron chi connectivity index (χ2n) is 6.29. The van der Waals surface area contributed by atoms with Gasteiger partial charge in [0.1, 0.15) is 0 Å². The molecule has 3 rings (SSSR count). The molecule has 1 aliphatic heterocycles. The number of piperazine rings is 1. The molecule has 21 heavy (non-hydrogen) atoms. The average Bonchev–Trinajstić information content (AvgIpc) is 3.37. The molecule has 1 atom stereocenters. The molecule has 5 heteroatoms. The van der Waals surface area contributed by atoms with Gasteiger partial charge in [0, 0.05) is 50.7 Å². The zero-order chi connectivity index (χ0) is 14.5. The van der Waals surface area contributed by atoms with Gasteiger partial charge in [-0.15, -0.1) is 0 Å². The summed E-state index contributed by atoms with van der Waals surface area (Å²) >= 11 is 0. The summed E-state index contributed by atoms with van der Waals surface area (Å²) in [6.07, 6.45) is 9.01. The van der Waals surface area contributed by atoms with Gasteiger partial charge in [0.2, 0.25) is 5.95 Å². The van der Waals surface area contributed by atoms with Crippen molar-refractivity contribution >= 4 is 5.95 Å². The molecule has 0 bridgehead atoms. The summed E-state index contributed by atoms with van der Waals surface area (Å²) < 4.78 is 0. The van der Waals surface area contributed by atoms with Crippen molar-refractivity contribution in [3.8, 4) is 0 Å². The van der Waals surface area contributed by atoms with Crippen LogP contribution in [0.2, 0.25) is 0 Å². The maximum absolute atomic E-state index is 4.34. The van der Waals surface area contributed by atoms with E-state index < -0.39 is 0 Å². The lowest BCUT2D eigenvalue weighted by Gasteiger charge is -2.38. The molecule has 2 heterocycles. The lowest BCUT2D eigenvalue weighted by atomic mass is 10.1. The summed E-state index contributed by atoms with van der Waals surface area (Å²) in [5.41, 5.74) is 0. The van der Waals surface area contributed by atoms with E-state index >= 15 is 0 Å². The first-order valence-corrected chi connectivity index (χ1v) is 8.32. The van der Waals surface area contributed by atoms with Crippen molar-refractivity contribution < 1.29 is 0 Å². The fourth-order valence-corrected chi connectivity index (χ4v) is 2.99. The van der Waals surface area contributed by atoms with Gasteiger partial charge in [-0.25, -0.2) is 9.97 Å². The Morgan fingerprint density at radius 1 is 1.19 bits per heavy atom. The Morgan fingerprint density at radius 3 is 2.57 bits per heavy atom. The molecule has 0 amide bonds. The molecule has 1 saturated carbocycles. The van der Waals surface area contributed by atoms with Crippen LogP contribution in [0.15, 0.2) is 18.5 Å². The van der Waals surface area contributed by atoms with E-state index in [0.29, 0.717) is 6.04 Å². The van der Waals surface area contributed by atoms with Gasteiger partial charge in [0.05, 0.1) is 0 Å². The van der Waals surface area contributed by atoms with E-state index in [2.05, 4.69) is 32.0 Å². The highest BCUT2D eigenvalue weighted by molar-refractivity contribution is 5.29. The summed E-state index contributed by atoms with van der Waals surface area (Å²) in [5.74, 6) is 0.874. The number of rotatable bonds is 7. The zero-order valence-corrected chi connectivity index (χ0v) is 13.0. The monoisotopic (exact) mass is 289 g/mol. The maximum atomic E-state index is 4.34. The van der Waals surface area contributed by atoms with E-state index in [0.717, 1.165) is 38.2 Å². The van der Waals surface area contributed by atoms with Crippen LogP contribution < -0.4 is 10.2 Å². The number of hydrogen-bond donors (Lipinski definition) is 1. The molecule has 1 N–H and O–H groups in total. The van der Waals surface area contributed by atoms with E-state index in [9.17, 15) is 0 Å². The van der Waals surface area contributed by atoms with Gasteiger partial charge >= 0.3 is 0 Å². The van der Waals surface area contributed by atoms with Crippen LogP contribution in [0.4, 0.5) is 5.95 Å². The predicted molar refractivity (Wildman–Crippen MR) is 85.5 cm³/mol. The Hall–Kier alpha value is -1.20. The lowest BCUT2D eigenvalue weighted by Crippen LogP contribution is -2.50. The first-order chi connectivity index (χ1) is 10.3. The zero-order valence-electron chi connectivity index (χ0n) is 13.0. The van der Waals surface area contributed by atoms with E-state index in [4.69, 9.17) is 0 Å². The highest BCUT2D eigenvalue weighted by atomic mass is 15.3. The molecule has 5 nitrogen and oxygen atoms in total. The van der Waals surface area contributed by atoms with E-state index in [1.807, 2.05) is 18.5 Å². The summed E-state index contributed by atoms with van der Waals surface area (Å²) in [5, 5.41) is 3.60. The molecule has 0 aromatic carbocycles. The topological polar surface area (TPSA) is 44.3 Å². The molecule has 1 aromatic heterocycles. The van der Waals surface area contributed by atoms with Crippen molar-refractivity contribution in [2.24, 2.45) is 0 Å². The normalized spacial score (nSPS) is 21.5. The van der Waals surface area contributed by atoms with Crippen LogP contribution in [-0.2, 0) is 0 Å². The minimum absolute atomic E-state index is 0.685. The highest BCUT2D eigenvalue weighted by Crippen LogP contribution is 2.19. The van der Waals surface area contributed by atoms with Gasteiger partial charge < -0.3 is 10.2 Å². The quantitative estimate of drug-likeness (QED) is 0.771. The van der Waals surface area contributed by atoms with Crippen molar-refractivity contribution in [1.82, 2.24) is 20.2 Å². The molecule has 116 valence electrons. The Balaban J connectivity index is 1.36. The van der Waals surface area contributed by atoms with Crippen LogP contribution in [0.3, 0.4) is 0 Å². The van der Waals surface area contributed by atoms with E-state index in [1.165, 1.54) is 32.2 Å². The minimum atomic E-state index is 0.685. The molecule has 2 fully saturated rings. The highest BCUT2D eigenvalue weighted by Gasteiger charge is 2.23. The van der Waals surface area contributed by atoms with Gasteiger partial charge in [0.15, 0.2) is 0 Å². The van der Waals surface area contributed by atoms with E-state index in [1.54, 1.807) is 0 Å². The van der Waals surface area contributed by atoms with Gasteiger partial charge in [-0.2, -0.15) is 0 Å². The molecular formula is C16H27N5. The summed E-state index contributed by atoms with van der Waals surface area (Å²) in [6.45, 7) is 7.87. The largest absolute Gasteiger partial charge is 0.338 e. The van der Waals surface area contributed by atoms with Crippen LogP contribution in [0, 0.1) is 0 Å². The van der Waals surface area contributed by atoms with Gasteiger partial charge in [-0.3, -0.25) is 4.90 Å². The first kappa shape index (κ1) is 14.7. The fourth-order valence-electron chi connectivity index (χ4n) is 2.99. The Labute approximate surface area is 127 Å². The number of aromatic nitrogens is 2. The summed E-state index contributed by atoms with van der Waals surface area (Å²) in [7, 11) is 0. The third-order valence-corrected chi connectivity index (χ3v) is 4.58. The number of anilines is 1. The lowest BCUT2D eigenvalue weighted by molar-refractivity contribution is 0.185. The molecule has 1 aliphatic carbocycles. The third kappa shape index (κ3) is 4.38. The van der Waals surface area contributed by atoms with Gasteiger partial charge in [-0.1, -0.05) is 0 Å². The molecule has 0 spiro atoms. The number of hydrogen-bond acceptors (Lipinski definition) is 5. The average molecular weight is 289 g/mol. The smallest absolute Gasteiger partial charge is 0.225 e. The minimum Gasteiger partial charge on any atom is -0.338 e. The van der Waals surface area contributed by atoms with Crippen molar-refractivity contribution in [2.45, 2.75) is 44.7 Å². The Kier molecular flexibility index (Phi) is 5.04. The SMILES string of the molecule is CC(CCCNC1CC1)N1CCN(c2ncccn2)CC1. The fraction of sp³-hybridized carbons (Fsp3) is 0.750.